The van der Waals surface area contributed by atoms with Crippen LogP contribution in [0.1, 0.15) is 41.0 Å². The topological polar surface area (TPSA) is 71.1 Å². The van der Waals surface area contributed by atoms with Crippen LogP contribution in [-0.4, -0.2) is 46.8 Å². The first kappa shape index (κ1) is 15.2. The molecule has 0 aromatic rings. The summed E-state index contributed by atoms with van der Waals surface area (Å²) in [4.78, 5) is 2.25. The minimum Gasteiger partial charge on any atom is -0.409 e. The Morgan fingerprint density at radius 1 is 1.50 bits per heavy atom. The highest BCUT2D eigenvalue weighted by Gasteiger charge is 2.47. The van der Waals surface area contributed by atoms with E-state index in [4.69, 9.17) is 15.7 Å². The minimum absolute atomic E-state index is 0.0273. The molecule has 0 saturated carbocycles. The molecule has 0 radical (unpaired) electrons. The van der Waals surface area contributed by atoms with Crippen molar-refractivity contribution in [1.29, 1.82) is 0 Å². The summed E-state index contributed by atoms with van der Waals surface area (Å²) < 4.78 is 6.09. The molecule has 18 heavy (non-hydrogen) atoms. The first-order valence-corrected chi connectivity index (χ1v) is 6.47. The summed E-state index contributed by atoms with van der Waals surface area (Å²) in [6.07, 6.45) is 0.986. The average molecular weight is 257 g/mol. The molecule has 5 nitrogen and oxygen atoms in total. The van der Waals surface area contributed by atoms with Gasteiger partial charge in [0.1, 0.15) is 5.84 Å². The fourth-order valence-corrected chi connectivity index (χ4v) is 2.97. The molecule has 1 heterocycles. The molecule has 1 rings (SSSR count). The Balaban J connectivity index is 2.70. The van der Waals surface area contributed by atoms with Gasteiger partial charge in [-0.2, -0.15) is 0 Å². The number of amidine groups is 1. The largest absolute Gasteiger partial charge is 0.409 e. The van der Waals surface area contributed by atoms with Crippen LogP contribution in [0, 0.1) is 5.92 Å². The van der Waals surface area contributed by atoms with Crippen LogP contribution in [0.2, 0.25) is 0 Å². The van der Waals surface area contributed by atoms with Crippen molar-refractivity contribution >= 4 is 5.84 Å². The SMILES string of the molecule is CC(CN(C)C1CC(C)(C)OC1(C)C)C(N)=NO. The first-order chi connectivity index (χ1) is 8.09. The lowest BCUT2D eigenvalue weighted by atomic mass is 9.92. The lowest BCUT2D eigenvalue weighted by Crippen LogP contribution is -2.47. The standard InChI is InChI=1S/C13H27N3O2/c1-9(11(14)15-17)8-16(6)10-7-12(2,3)18-13(10,4)5/h9-10,17H,7-8H2,1-6H3,(H2,14,15). The van der Waals surface area contributed by atoms with Crippen molar-refractivity contribution in [3.8, 4) is 0 Å². The lowest BCUT2D eigenvalue weighted by Gasteiger charge is -2.34. The van der Waals surface area contributed by atoms with E-state index in [0.717, 1.165) is 13.0 Å². The van der Waals surface area contributed by atoms with Gasteiger partial charge in [0, 0.05) is 18.5 Å². The summed E-state index contributed by atoms with van der Waals surface area (Å²) in [5, 5.41) is 11.8. The molecule has 1 fully saturated rings. The van der Waals surface area contributed by atoms with Crippen LogP contribution in [0.25, 0.3) is 0 Å². The molecule has 1 saturated heterocycles. The summed E-state index contributed by atoms with van der Waals surface area (Å²) in [5.74, 6) is 0.303. The zero-order valence-corrected chi connectivity index (χ0v) is 12.4. The van der Waals surface area contributed by atoms with Gasteiger partial charge in [-0.3, -0.25) is 4.90 Å². The number of nitrogens with two attached hydrogens (primary N) is 1. The van der Waals surface area contributed by atoms with Crippen molar-refractivity contribution < 1.29 is 9.94 Å². The maximum atomic E-state index is 8.69. The Labute approximate surface area is 110 Å². The van der Waals surface area contributed by atoms with Gasteiger partial charge in [0.15, 0.2) is 0 Å². The van der Waals surface area contributed by atoms with E-state index in [0.29, 0.717) is 6.04 Å². The van der Waals surface area contributed by atoms with Gasteiger partial charge in [-0.15, -0.1) is 0 Å². The fourth-order valence-electron chi connectivity index (χ4n) is 2.97. The van der Waals surface area contributed by atoms with E-state index in [2.05, 4.69) is 44.8 Å². The highest BCUT2D eigenvalue weighted by Crippen LogP contribution is 2.39. The lowest BCUT2D eigenvalue weighted by molar-refractivity contribution is -0.0789. The second-order valence-corrected chi connectivity index (χ2v) is 6.55. The maximum Gasteiger partial charge on any atom is 0.143 e. The Kier molecular flexibility index (Phi) is 4.28. The molecule has 1 aliphatic heterocycles. The summed E-state index contributed by atoms with van der Waals surface area (Å²) in [6.45, 7) is 11.2. The van der Waals surface area contributed by atoms with Gasteiger partial charge in [-0.25, -0.2) is 0 Å². The van der Waals surface area contributed by atoms with Gasteiger partial charge in [-0.1, -0.05) is 12.1 Å². The van der Waals surface area contributed by atoms with E-state index in [9.17, 15) is 0 Å². The monoisotopic (exact) mass is 257 g/mol. The molecule has 0 aromatic heterocycles. The number of oxime groups is 1. The predicted molar refractivity (Wildman–Crippen MR) is 72.9 cm³/mol. The molecule has 0 bridgehead atoms. The summed E-state index contributed by atoms with van der Waals surface area (Å²) in [6, 6.07) is 0.335. The molecule has 1 aliphatic rings. The number of rotatable bonds is 4. The zero-order valence-electron chi connectivity index (χ0n) is 12.4. The van der Waals surface area contributed by atoms with E-state index in [1.165, 1.54) is 0 Å². The molecule has 5 heteroatoms. The van der Waals surface area contributed by atoms with Crippen LogP contribution in [0.4, 0.5) is 0 Å². The number of ether oxygens (including phenoxy) is 1. The maximum absolute atomic E-state index is 8.69. The predicted octanol–water partition coefficient (Wildman–Crippen LogP) is 1.65. The molecule has 0 aromatic carbocycles. The highest BCUT2D eigenvalue weighted by atomic mass is 16.5. The van der Waals surface area contributed by atoms with Crippen LogP contribution in [0.15, 0.2) is 5.16 Å². The highest BCUT2D eigenvalue weighted by molar-refractivity contribution is 5.82. The summed E-state index contributed by atoms with van der Waals surface area (Å²) >= 11 is 0. The fraction of sp³-hybridized carbons (Fsp3) is 0.923. The third-order valence-corrected chi connectivity index (χ3v) is 3.74. The van der Waals surface area contributed by atoms with Gasteiger partial charge >= 0.3 is 0 Å². The van der Waals surface area contributed by atoms with Crippen LogP contribution in [0.5, 0.6) is 0 Å². The third kappa shape index (κ3) is 3.36. The molecule has 0 amide bonds. The van der Waals surface area contributed by atoms with E-state index in [1.54, 1.807) is 0 Å². The van der Waals surface area contributed by atoms with E-state index >= 15 is 0 Å². The van der Waals surface area contributed by atoms with Crippen molar-refractivity contribution in [2.45, 2.75) is 58.3 Å². The Bertz CT molecular complexity index is 326. The smallest absolute Gasteiger partial charge is 0.143 e. The van der Waals surface area contributed by atoms with Crippen LogP contribution in [0.3, 0.4) is 0 Å². The van der Waals surface area contributed by atoms with Crippen LogP contribution >= 0.6 is 0 Å². The van der Waals surface area contributed by atoms with Gasteiger partial charge in [-0.05, 0) is 41.2 Å². The van der Waals surface area contributed by atoms with E-state index in [1.807, 2.05) is 6.92 Å². The number of likely N-dealkylation sites (N-methyl/N-ethyl adjacent to an activating group) is 1. The molecular formula is C13H27N3O2. The molecule has 106 valence electrons. The summed E-state index contributed by atoms with van der Waals surface area (Å²) in [5.41, 5.74) is 5.35. The average Bonchev–Trinajstić information content (AvgIpc) is 2.45. The van der Waals surface area contributed by atoms with E-state index < -0.39 is 0 Å². The van der Waals surface area contributed by atoms with E-state index in [-0.39, 0.29) is 23.0 Å². The van der Waals surface area contributed by atoms with Crippen molar-refractivity contribution in [3.05, 3.63) is 0 Å². The van der Waals surface area contributed by atoms with Gasteiger partial charge < -0.3 is 15.7 Å². The normalized spacial score (nSPS) is 28.6. The second-order valence-electron chi connectivity index (χ2n) is 6.55. The first-order valence-electron chi connectivity index (χ1n) is 6.47. The summed E-state index contributed by atoms with van der Waals surface area (Å²) in [7, 11) is 2.07. The molecule has 3 N–H and O–H groups in total. The minimum atomic E-state index is -0.177. The Morgan fingerprint density at radius 2 is 2.06 bits per heavy atom. The second kappa shape index (κ2) is 5.05. The zero-order chi connectivity index (χ0) is 14.1. The Hall–Kier alpha value is -0.810. The molecule has 2 atom stereocenters. The van der Waals surface area contributed by atoms with Gasteiger partial charge in [0.2, 0.25) is 0 Å². The molecule has 2 unspecified atom stereocenters. The van der Waals surface area contributed by atoms with Crippen LogP contribution < -0.4 is 5.73 Å². The van der Waals surface area contributed by atoms with Crippen molar-refractivity contribution in [3.63, 3.8) is 0 Å². The Morgan fingerprint density at radius 3 is 2.44 bits per heavy atom. The number of hydrogen-bond acceptors (Lipinski definition) is 4. The van der Waals surface area contributed by atoms with Gasteiger partial charge in [0.25, 0.3) is 0 Å². The number of hydrogen-bond donors (Lipinski definition) is 2. The van der Waals surface area contributed by atoms with Crippen LogP contribution in [-0.2, 0) is 4.74 Å². The van der Waals surface area contributed by atoms with Gasteiger partial charge in [0.05, 0.1) is 11.2 Å². The molecule has 0 spiro atoms. The molecular weight excluding hydrogens is 230 g/mol. The quantitative estimate of drug-likeness (QED) is 0.348. The third-order valence-electron chi connectivity index (χ3n) is 3.74. The number of nitrogens with zero attached hydrogens (tertiary/aromatic N) is 2. The van der Waals surface area contributed by atoms with Crippen molar-refractivity contribution in [2.24, 2.45) is 16.8 Å². The molecule has 0 aliphatic carbocycles. The van der Waals surface area contributed by atoms with Crippen molar-refractivity contribution in [2.75, 3.05) is 13.6 Å². The van der Waals surface area contributed by atoms with Crippen molar-refractivity contribution in [1.82, 2.24) is 4.90 Å².